The maximum Gasteiger partial charge on any atom is 0.122 e. The summed E-state index contributed by atoms with van der Waals surface area (Å²) >= 11 is 0. The molecule has 0 heterocycles. The Labute approximate surface area is 116 Å². The minimum Gasteiger partial charge on any atom is -0.496 e. The van der Waals surface area contributed by atoms with Crippen LogP contribution in [-0.4, -0.2) is 20.7 Å². The highest BCUT2D eigenvalue weighted by atomic mass is 16.5. The molecule has 0 radical (unpaired) electrons. The van der Waals surface area contributed by atoms with Crippen molar-refractivity contribution in [3.05, 3.63) is 29.3 Å². The quantitative estimate of drug-likeness (QED) is 0.877. The van der Waals surface area contributed by atoms with Crippen LogP contribution in [-0.2, 0) is 6.42 Å². The van der Waals surface area contributed by atoms with E-state index in [2.05, 4.69) is 37.5 Å². The van der Waals surface area contributed by atoms with Crippen LogP contribution in [0.5, 0.6) is 5.75 Å². The Kier molecular flexibility index (Phi) is 3.30. The minimum atomic E-state index is 0.462. The number of hydrogen-bond donors (Lipinski definition) is 1. The summed E-state index contributed by atoms with van der Waals surface area (Å²) in [5.41, 5.74) is 3.18. The molecule has 2 aliphatic rings. The van der Waals surface area contributed by atoms with Gasteiger partial charge in [0.25, 0.3) is 0 Å². The molecule has 2 saturated carbocycles. The molecule has 0 bridgehead atoms. The topological polar surface area (TPSA) is 21.3 Å². The number of aryl methyl sites for hydroxylation is 1. The summed E-state index contributed by atoms with van der Waals surface area (Å²) in [7, 11) is 3.87. The molecule has 2 atom stereocenters. The van der Waals surface area contributed by atoms with Crippen molar-refractivity contribution in [2.24, 2.45) is 17.3 Å². The third-order valence-electron chi connectivity index (χ3n) is 5.01. The van der Waals surface area contributed by atoms with Crippen molar-refractivity contribution >= 4 is 0 Å². The van der Waals surface area contributed by atoms with Crippen LogP contribution in [0.2, 0.25) is 0 Å². The zero-order chi connectivity index (χ0) is 13.5. The van der Waals surface area contributed by atoms with E-state index in [1.54, 1.807) is 7.11 Å². The van der Waals surface area contributed by atoms with Crippen LogP contribution >= 0.6 is 0 Å². The smallest absolute Gasteiger partial charge is 0.122 e. The number of benzene rings is 1. The molecule has 3 rings (SSSR count). The number of methoxy groups -OCH3 is 1. The molecule has 1 aromatic carbocycles. The summed E-state index contributed by atoms with van der Waals surface area (Å²) in [6.45, 7) is 3.30. The molecule has 104 valence electrons. The Balaban J connectivity index is 1.83. The minimum absolute atomic E-state index is 0.462. The second-order valence-corrected chi connectivity index (χ2v) is 6.69. The molecular formula is C17H25NO. The van der Waals surface area contributed by atoms with Gasteiger partial charge in [-0.2, -0.15) is 0 Å². The molecule has 2 heteroatoms. The van der Waals surface area contributed by atoms with Crippen LogP contribution in [0.15, 0.2) is 18.2 Å². The van der Waals surface area contributed by atoms with Crippen LogP contribution in [0.25, 0.3) is 0 Å². The van der Waals surface area contributed by atoms with E-state index < -0.39 is 0 Å². The lowest BCUT2D eigenvalue weighted by Crippen LogP contribution is -2.33. The fourth-order valence-electron chi connectivity index (χ4n) is 4.18. The molecule has 1 aromatic rings. The van der Waals surface area contributed by atoms with E-state index in [0.717, 1.165) is 30.6 Å². The van der Waals surface area contributed by atoms with Gasteiger partial charge in [0.05, 0.1) is 7.11 Å². The summed E-state index contributed by atoms with van der Waals surface area (Å²) in [5, 5.41) is 3.42. The average molecular weight is 259 g/mol. The molecule has 0 aromatic heterocycles. The molecule has 1 N–H and O–H groups in total. The zero-order valence-corrected chi connectivity index (χ0v) is 12.3. The van der Waals surface area contributed by atoms with Gasteiger partial charge in [0.15, 0.2) is 0 Å². The predicted molar refractivity (Wildman–Crippen MR) is 78.6 cm³/mol. The summed E-state index contributed by atoms with van der Waals surface area (Å²) < 4.78 is 5.55. The van der Waals surface area contributed by atoms with Gasteiger partial charge in [0.2, 0.25) is 0 Å². The standard InChI is InChI=1S/C17H25NO/c1-12-4-5-16(19-3)15(6-12)10-17(11-18-2)8-13-7-14(13)9-17/h4-6,13-14,18H,7-11H2,1-3H3. The number of nitrogens with one attached hydrogen (secondary N) is 1. The first-order valence-electron chi connectivity index (χ1n) is 7.44. The van der Waals surface area contributed by atoms with E-state index in [9.17, 15) is 0 Å². The van der Waals surface area contributed by atoms with E-state index in [0.29, 0.717) is 5.41 Å². The van der Waals surface area contributed by atoms with Crippen LogP contribution in [0, 0.1) is 24.2 Å². The fraction of sp³-hybridized carbons (Fsp3) is 0.647. The zero-order valence-electron chi connectivity index (χ0n) is 12.3. The summed E-state index contributed by atoms with van der Waals surface area (Å²) in [6.07, 6.45) is 5.44. The SMILES string of the molecule is CNCC1(Cc2cc(C)ccc2OC)CC2CC2C1. The van der Waals surface area contributed by atoms with Crippen LogP contribution in [0.4, 0.5) is 0 Å². The highest BCUT2D eigenvalue weighted by molar-refractivity contribution is 5.38. The second-order valence-electron chi connectivity index (χ2n) is 6.69. The maximum absolute atomic E-state index is 5.55. The first kappa shape index (κ1) is 13.0. The van der Waals surface area contributed by atoms with E-state index in [4.69, 9.17) is 4.74 Å². The second kappa shape index (κ2) is 4.82. The number of fused-ring (bicyclic) bond motifs is 1. The molecule has 0 amide bonds. The molecule has 2 nitrogen and oxygen atoms in total. The third-order valence-corrected chi connectivity index (χ3v) is 5.01. The van der Waals surface area contributed by atoms with Crippen molar-refractivity contribution in [1.82, 2.24) is 5.32 Å². The number of ether oxygens (including phenoxy) is 1. The Morgan fingerprint density at radius 1 is 1.32 bits per heavy atom. The van der Waals surface area contributed by atoms with Crippen molar-refractivity contribution < 1.29 is 4.74 Å². The van der Waals surface area contributed by atoms with Crippen LogP contribution in [0.3, 0.4) is 0 Å². The Morgan fingerprint density at radius 2 is 2.05 bits per heavy atom. The van der Waals surface area contributed by atoms with Gasteiger partial charge in [-0.15, -0.1) is 0 Å². The molecule has 19 heavy (non-hydrogen) atoms. The lowest BCUT2D eigenvalue weighted by molar-refractivity contribution is 0.251. The third kappa shape index (κ3) is 2.51. The highest BCUT2D eigenvalue weighted by Gasteiger charge is 2.53. The molecule has 2 aliphatic carbocycles. The Morgan fingerprint density at radius 3 is 2.68 bits per heavy atom. The van der Waals surface area contributed by atoms with Crippen molar-refractivity contribution in [2.45, 2.75) is 32.6 Å². The first-order valence-corrected chi connectivity index (χ1v) is 7.44. The normalized spacial score (nSPS) is 32.2. The van der Waals surface area contributed by atoms with Gasteiger partial charge in [0.1, 0.15) is 5.75 Å². The van der Waals surface area contributed by atoms with Crippen molar-refractivity contribution in [2.75, 3.05) is 20.7 Å². The van der Waals surface area contributed by atoms with E-state index in [-0.39, 0.29) is 0 Å². The van der Waals surface area contributed by atoms with Gasteiger partial charge in [0, 0.05) is 6.54 Å². The molecule has 2 fully saturated rings. The van der Waals surface area contributed by atoms with Crippen molar-refractivity contribution in [3.63, 3.8) is 0 Å². The summed E-state index contributed by atoms with van der Waals surface area (Å²) in [6, 6.07) is 6.56. The van der Waals surface area contributed by atoms with Gasteiger partial charge in [-0.25, -0.2) is 0 Å². The molecular weight excluding hydrogens is 234 g/mol. The largest absolute Gasteiger partial charge is 0.496 e. The van der Waals surface area contributed by atoms with Crippen molar-refractivity contribution in [3.8, 4) is 5.75 Å². The predicted octanol–water partition coefficient (Wildman–Crippen LogP) is 3.18. The Bertz CT molecular complexity index is 458. The molecule has 2 unspecified atom stereocenters. The van der Waals surface area contributed by atoms with Crippen molar-refractivity contribution in [1.29, 1.82) is 0 Å². The monoisotopic (exact) mass is 259 g/mol. The van der Waals surface area contributed by atoms with Gasteiger partial charge >= 0.3 is 0 Å². The van der Waals surface area contributed by atoms with Gasteiger partial charge in [-0.05, 0) is 68.5 Å². The number of rotatable bonds is 5. The summed E-state index contributed by atoms with van der Waals surface area (Å²) in [5.74, 6) is 3.09. The van der Waals surface area contributed by atoms with E-state index in [1.165, 1.54) is 30.4 Å². The maximum atomic E-state index is 5.55. The first-order chi connectivity index (χ1) is 9.15. The van der Waals surface area contributed by atoms with Gasteiger partial charge < -0.3 is 10.1 Å². The lowest BCUT2D eigenvalue weighted by atomic mass is 9.77. The van der Waals surface area contributed by atoms with E-state index >= 15 is 0 Å². The van der Waals surface area contributed by atoms with Crippen LogP contribution < -0.4 is 10.1 Å². The molecule has 0 spiro atoms. The fourth-order valence-corrected chi connectivity index (χ4v) is 4.18. The molecule has 0 aliphatic heterocycles. The van der Waals surface area contributed by atoms with E-state index in [1.807, 2.05) is 0 Å². The van der Waals surface area contributed by atoms with Crippen LogP contribution in [0.1, 0.15) is 30.4 Å². The highest BCUT2D eigenvalue weighted by Crippen LogP contribution is 2.60. The van der Waals surface area contributed by atoms with Gasteiger partial charge in [-0.3, -0.25) is 0 Å². The average Bonchev–Trinajstić information content (AvgIpc) is 2.98. The molecule has 0 saturated heterocycles. The van der Waals surface area contributed by atoms with Gasteiger partial charge in [-0.1, -0.05) is 17.7 Å². The lowest BCUT2D eigenvalue weighted by Gasteiger charge is -2.31. The Hall–Kier alpha value is -1.02. The summed E-state index contributed by atoms with van der Waals surface area (Å²) in [4.78, 5) is 0. The number of hydrogen-bond acceptors (Lipinski definition) is 2.